The van der Waals surface area contributed by atoms with Crippen LogP contribution in [0.1, 0.15) is 24.2 Å². The van der Waals surface area contributed by atoms with Crippen LogP contribution in [0.25, 0.3) is 0 Å². The molecule has 0 radical (unpaired) electrons. The number of benzene rings is 1. The number of hydrogen-bond acceptors (Lipinski definition) is 4. The quantitative estimate of drug-likeness (QED) is 0.868. The number of likely N-dealkylation sites (N-methyl/N-ethyl adjacent to an activating group) is 1. The Balaban J connectivity index is 2.06. The first-order valence-corrected chi connectivity index (χ1v) is 9.07. The van der Waals surface area contributed by atoms with Gasteiger partial charge in [-0.2, -0.15) is 0 Å². The molecule has 122 valence electrons. The van der Waals surface area contributed by atoms with Gasteiger partial charge in [0.15, 0.2) is 0 Å². The van der Waals surface area contributed by atoms with Crippen LogP contribution in [-0.4, -0.2) is 63.4 Å². The summed E-state index contributed by atoms with van der Waals surface area (Å²) in [5.41, 5.74) is 0.528. The first-order valence-electron chi connectivity index (χ1n) is 7.59. The van der Waals surface area contributed by atoms with Crippen molar-refractivity contribution in [3.63, 3.8) is 0 Å². The van der Waals surface area contributed by atoms with Crippen molar-refractivity contribution >= 4 is 15.9 Å². The predicted octanol–water partition coefficient (Wildman–Crippen LogP) is 0.762. The second-order valence-electron chi connectivity index (χ2n) is 5.25. The van der Waals surface area contributed by atoms with Crippen molar-refractivity contribution in [2.75, 3.05) is 39.3 Å². The van der Waals surface area contributed by atoms with Crippen molar-refractivity contribution in [3.05, 3.63) is 29.8 Å². The maximum atomic E-state index is 12.4. The smallest absolute Gasteiger partial charge is 0.253 e. The average molecular weight is 325 g/mol. The zero-order chi connectivity index (χ0) is 16.2. The topological polar surface area (TPSA) is 69.7 Å². The molecule has 1 aromatic rings. The van der Waals surface area contributed by atoms with Crippen molar-refractivity contribution in [1.29, 1.82) is 0 Å². The first kappa shape index (κ1) is 16.9. The molecule has 0 spiro atoms. The van der Waals surface area contributed by atoms with Crippen LogP contribution in [0.5, 0.6) is 0 Å². The fourth-order valence-electron chi connectivity index (χ4n) is 2.50. The molecule has 1 N–H and O–H groups in total. The molecule has 22 heavy (non-hydrogen) atoms. The summed E-state index contributed by atoms with van der Waals surface area (Å²) in [6, 6.07) is 6.12. The molecule has 0 bridgehead atoms. The molecule has 0 aliphatic carbocycles. The molecule has 0 aromatic heterocycles. The third-order valence-electron chi connectivity index (χ3n) is 3.85. The molecule has 1 aliphatic heterocycles. The van der Waals surface area contributed by atoms with Gasteiger partial charge in [-0.15, -0.1) is 0 Å². The fraction of sp³-hybridized carbons (Fsp3) is 0.533. The number of piperazine rings is 1. The lowest BCUT2D eigenvalue weighted by atomic mass is 10.2. The molecule has 0 saturated carbocycles. The van der Waals surface area contributed by atoms with E-state index in [1.165, 1.54) is 12.1 Å². The van der Waals surface area contributed by atoms with Gasteiger partial charge in [0.1, 0.15) is 0 Å². The Morgan fingerprint density at radius 1 is 1.09 bits per heavy atom. The summed E-state index contributed by atoms with van der Waals surface area (Å²) in [7, 11) is -3.47. The van der Waals surface area contributed by atoms with Gasteiger partial charge in [0.05, 0.1) is 4.90 Å². The summed E-state index contributed by atoms with van der Waals surface area (Å²) in [6.45, 7) is 8.37. The second-order valence-corrected chi connectivity index (χ2v) is 7.02. The summed E-state index contributed by atoms with van der Waals surface area (Å²) < 4.78 is 26.2. The van der Waals surface area contributed by atoms with E-state index >= 15 is 0 Å². The SMILES string of the molecule is CCNS(=O)(=O)c1ccc(C(=O)N2CCN(CC)CC2)cc1. The number of carbonyl (C=O) groups is 1. The minimum Gasteiger partial charge on any atom is -0.336 e. The van der Waals surface area contributed by atoms with Crippen LogP contribution in [0.3, 0.4) is 0 Å². The van der Waals surface area contributed by atoms with E-state index in [-0.39, 0.29) is 10.8 Å². The van der Waals surface area contributed by atoms with Gasteiger partial charge in [-0.25, -0.2) is 13.1 Å². The molecule has 1 fully saturated rings. The molecule has 1 saturated heterocycles. The Bertz CT molecular complexity index is 605. The normalized spacial score (nSPS) is 16.7. The van der Waals surface area contributed by atoms with Gasteiger partial charge in [0.25, 0.3) is 5.91 Å². The maximum Gasteiger partial charge on any atom is 0.253 e. The number of nitrogens with zero attached hydrogens (tertiary/aromatic N) is 2. The van der Waals surface area contributed by atoms with Crippen LogP contribution in [0.2, 0.25) is 0 Å². The predicted molar refractivity (Wildman–Crippen MR) is 85.3 cm³/mol. The van der Waals surface area contributed by atoms with Crippen molar-refractivity contribution in [3.8, 4) is 0 Å². The average Bonchev–Trinajstić information content (AvgIpc) is 2.54. The van der Waals surface area contributed by atoms with Crippen molar-refractivity contribution in [2.24, 2.45) is 0 Å². The number of nitrogens with one attached hydrogen (secondary N) is 1. The van der Waals surface area contributed by atoms with Gasteiger partial charge in [-0.05, 0) is 30.8 Å². The van der Waals surface area contributed by atoms with Gasteiger partial charge < -0.3 is 9.80 Å². The maximum absolute atomic E-state index is 12.4. The molecule has 0 unspecified atom stereocenters. The van der Waals surface area contributed by atoms with E-state index in [1.807, 2.05) is 4.90 Å². The minimum absolute atomic E-state index is 0.0387. The van der Waals surface area contributed by atoms with Crippen molar-refractivity contribution < 1.29 is 13.2 Å². The lowest BCUT2D eigenvalue weighted by Crippen LogP contribution is -2.48. The minimum atomic E-state index is -3.47. The lowest BCUT2D eigenvalue weighted by molar-refractivity contribution is 0.0643. The Morgan fingerprint density at radius 3 is 2.18 bits per heavy atom. The molecule has 1 aromatic carbocycles. The third-order valence-corrected chi connectivity index (χ3v) is 5.41. The number of hydrogen-bond donors (Lipinski definition) is 1. The van der Waals surface area contributed by atoms with E-state index in [0.717, 1.165) is 19.6 Å². The molecule has 1 heterocycles. The zero-order valence-electron chi connectivity index (χ0n) is 13.1. The fourth-order valence-corrected chi connectivity index (χ4v) is 3.54. The highest BCUT2D eigenvalue weighted by molar-refractivity contribution is 7.89. The van der Waals surface area contributed by atoms with E-state index in [4.69, 9.17) is 0 Å². The highest BCUT2D eigenvalue weighted by Gasteiger charge is 2.21. The van der Waals surface area contributed by atoms with Crippen LogP contribution < -0.4 is 4.72 Å². The van der Waals surface area contributed by atoms with Gasteiger partial charge in [0, 0.05) is 38.3 Å². The van der Waals surface area contributed by atoms with Crippen LogP contribution in [0, 0.1) is 0 Å². The number of sulfonamides is 1. The molecule has 0 atom stereocenters. The van der Waals surface area contributed by atoms with Gasteiger partial charge in [-0.3, -0.25) is 4.79 Å². The molecule has 6 nitrogen and oxygen atoms in total. The van der Waals surface area contributed by atoms with Crippen LogP contribution in [0.4, 0.5) is 0 Å². The summed E-state index contributed by atoms with van der Waals surface area (Å²) in [5, 5.41) is 0. The summed E-state index contributed by atoms with van der Waals surface area (Å²) >= 11 is 0. The first-order chi connectivity index (χ1) is 10.5. The van der Waals surface area contributed by atoms with Crippen LogP contribution in [-0.2, 0) is 10.0 Å². The van der Waals surface area contributed by atoms with Crippen molar-refractivity contribution in [1.82, 2.24) is 14.5 Å². The standard InChI is InChI=1S/C15H23N3O3S/c1-3-16-22(20,21)14-7-5-13(6-8-14)15(19)18-11-9-17(4-2)10-12-18/h5-8,16H,3-4,9-12H2,1-2H3. The monoisotopic (exact) mass is 325 g/mol. The molecule has 1 aliphatic rings. The third kappa shape index (κ3) is 3.85. The van der Waals surface area contributed by atoms with E-state index in [9.17, 15) is 13.2 Å². The van der Waals surface area contributed by atoms with Gasteiger partial charge in [0.2, 0.25) is 10.0 Å². The van der Waals surface area contributed by atoms with E-state index in [2.05, 4.69) is 16.5 Å². The van der Waals surface area contributed by atoms with Crippen LogP contribution >= 0.6 is 0 Å². The molecule has 1 amide bonds. The summed E-state index contributed by atoms with van der Waals surface area (Å²) in [5.74, 6) is -0.0387. The Hall–Kier alpha value is -1.44. The molecule has 7 heteroatoms. The largest absolute Gasteiger partial charge is 0.336 e. The zero-order valence-corrected chi connectivity index (χ0v) is 13.9. The lowest BCUT2D eigenvalue weighted by Gasteiger charge is -2.34. The summed E-state index contributed by atoms with van der Waals surface area (Å²) in [4.78, 5) is 16.7. The van der Waals surface area contributed by atoms with Gasteiger partial charge in [-0.1, -0.05) is 13.8 Å². The van der Waals surface area contributed by atoms with Gasteiger partial charge >= 0.3 is 0 Å². The number of amides is 1. The molecule has 2 rings (SSSR count). The van der Waals surface area contributed by atoms with Crippen LogP contribution in [0.15, 0.2) is 29.2 Å². The van der Waals surface area contributed by atoms with Crippen molar-refractivity contribution in [2.45, 2.75) is 18.7 Å². The van der Waals surface area contributed by atoms with E-state index in [0.29, 0.717) is 25.2 Å². The second kappa shape index (κ2) is 7.21. The highest BCUT2D eigenvalue weighted by atomic mass is 32.2. The Morgan fingerprint density at radius 2 is 1.68 bits per heavy atom. The van der Waals surface area contributed by atoms with E-state index < -0.39 is 10.0 Å². The highest BCUT2D eigenvalue weighted by Crippen LogP contribution is 2.13. The molecular weight excluding hydrogens is 302 g/mol. The molecular formula is C15H23N3O3S. The summed E-state index contributed by atoms with van der Waals surface area (Å²) in [6.07, 6.45) is 0. The Labute approximate surface area is 132 Å². The van der Waals surface area contributed by atoms with E-state index in [1.54, 1.807) is 19.1 Å². The number of rotatable bonds is 5. The number of carbonyl (C=O) groups excluding carboxylic acids is 1. The Kier molecular flexibility index (Phi) is 5.55.